The minimum absolute atomic E-state index is 0.0667. The summed E-state index contributed by atoms with van der Waals surface area (Å²) < 4.78 is 27.0. The van der Waals surface area contributed by atoms with Crippen LogP contribution >= 0.6 is 0 Å². The van der Waals surface area contributed by atoms with Crippen LogP contribution in [0.3, 0.4) is 0 Å². The average molecular weight is 646 g/mol. The topological polar surface area (TPSA) is 153 Å². The first kappa shape index (κ1) is 33.2. The Morgan fingerprint density at radius 1 is 0.851 bits per heavy atom. The first-order chi connectivity index (χ1) is 22.3. The van der Waals surface area contributed by atoms with Crippen molar-refractivity contribution in [3.05, 3.63) is 53.4 Å². The van der Waals surface area contributed by atoms with E-state index in [2.05, 4.69) is 10.3 Å². The largest absolute Gasteiger partial charge is 0.491 e. The molecule has 13 nitrogen and oxygen atoms in total. The predicted octanol–water partition coefficient (Wildman–Crippen LogP) is 5.03. The summed E-state index contributed by atoms with van der Waals surface area (Å²) in [5, 5.41) is 2.77. The molecule has 2 aromatic carbocycles. The zero-order valence-electron chi connectivity index (χ0n) is 27.5. The predicted molar refractivity (Wildman–Crippen MR) is 174 cm³/mol. The van der Waals surface area contributed by atoms with Crippen molar-refractivity contribution < 1.29 is 38.1 Å². The van der Waals surface area contributed by atoms with Crippen LogP contribution in [0.5, 0.6) is 11.5 Å². The maximum Gasteiger partial charge on any atom is 0.338 e. The zero-order valence-corrected chi connectivity index (χ0v) is 27.5. The number of rotatable bonds is 6. The minimum Gasteiger partial charge on any atom is -0.491 e. The van der Waals surface area contributed by atoms with E-state index in [4.69, 9.17) is 23.9 Å². The number of hydrogen-bond acceptors (Lipinski definition) is 10. The highest BCUT2D eigenvalue weighted by Crippen LogP contribution is 2.33. The Bertz CT molecular complexity index is 1900. The fourth-order valence-electron chi connectivity index (χ4n) is 5.28. The van der Waals surface area contributed by atoms with Gasteiger partial charge in [0.05, 0.1) is 48.4 Å². The van der Waals surface area contributed by atoms with Crippen LogP contribution in [-0.2, 0) is 38.6 Å². The Morgan fingerprint density at radius 2 is 1.43 bits per heavy atom. The SMILES string of the molecule is CCOC(=O)c1cc2c3c(c1)nc(NC(C)=O)n3C/C=C/Cn1c(CC(C)=O)nc3cc(C(=O)OC(C)(C)C)cc(c31)OCCCO2. The number of carbonyl (C=O) groups excluding carboxylic acids is 4. The molecule has 248 valence electrons. The molecule has 5 rings (SSSR count). The van der Waals surface area contributed by atoms with Crippen LogP contribution in [0, 0.1) is 0 Å². The van der Waals surface area contributed by atoms with Crippen molar-refractivity contribution in [2.45, 2.75) is 73.1 Å². The smallest absolute Gasteiger partial charge is 0.338 e. The summed E-state index contributed by atoms with van der Waals surface area (Å²) in [6, 6.07) is 6.51. The quantitative estimate of drug-likeness (QED) is 0.223. The monoisotopic (exact) mass is 645 g/mol. The highest BCUT2D eigenvalue weighted by Gasteiger charge is 2.24. The van der Waals surface area contributed by atoms with E-state index in [0.29, 0.717) is 58.9 Å². The number of ether oxygens (including phenoxy) is 4. The molecule has 1 aliphatic heterocycles. The molecule has 0 bridgehead atoms. The van der Waals surface area contributed by atoms with Gasteiger partial charge in [-0.05, 0) is 58.9 Å². The van der Waals surface area contributed by atoms with E-state index in [9.17, 15) is 19.2 Å². The molecule has 0 atom stereocenters. The molecule has 0 spiro atoms. The third-order valence-electron chi connectivity index (χ3n) is 7.08. The second kappa shape index (κ2) is 13.7. The first-order valence-corrected chi connectivity index (χ1v) is 15.5. The van der Waals surface area contributed by atoms with Crippen molar-refractivity contribution in [3.8, 4) is 11.5 Å². The van der Waals surface area contributed by atoms with Crippen LogP contribution in [0.2, 0.25) is 0 Å². The Morgan fingerprint density at radius 3 is 2.00 bits per heavy atom. The van der Waals surface area contributed by atoms with E-state index in [-0.39, 0.29) is 55.0 Å². The summed E-state index contributed by atoms with van der Waals surface area (Å²) in [4.78, 5) is 59.5. The van der Waals surface area contributed by atoms with Gasteiger partial charge in [0.2, 0.25) is 11.9 Å². The van der Waals surface area contributed by atoms with Crippen LogP contribution in [0.15, 0.2) is 36.4 Å². The number of Topliss-reactive ketones (excluding diaryl/α,β-unsaturated/α-hetero) is 1. The number of ketones is 1. The lowest BCUT2D eigenvalue weighted by molar-refractivity contribution is -0.116. The molecular formula is C34H39N5O8. The van der Waals surface area contributed by atoms with Gasteiger partial charge in [0.15, 0.2) is 0 Å². The third kappa shape index (κ3) is 7.62. The molecule has 0 fully saturated rings. The van der Waals surface area contributed by atoms with Crippen molar-refractivity contribution in [3.63, 3.8) is 0 Å². The van der Waals surface area contributed by atoms with Gasteiger partial charge in [0, 0.05) is 26.4 Å². The van der Waals surface area contributed by atoms with E-state index in [0.717, 1.165) is 0 Å². The van der Waals surface area contributed by atoms with Crippen molar-refractivity contribution in [1.29, 1.82) is 0 Å². The number of nitrogens with one attached hydrogen (secondary N) is 1. The number of carbonyl (C=O) groups is 4. The fourth-order valence-corrected chi connectivity index (χ4v) is 5.28. The first-order valence-electron chi connectivity index (χ1n) is 15.5. The van der Waals surface area contributed by atoms with Crippen LogP contribution in [0.4, 0.5) is 5.95 Å². The van der Waals surface area contributed by atoms with Gasteiger partial charge in [-0.2, -0.15) is 0 Å². The molecule has 0 saturated carbocycles. The number of hydrogen-bond donors (Lipinski definition) is 1. The Hall–Kier alpha value is -5.20. The van der Waals surface area contributed by atoms with Gasteiger partial charge in [0.1, 0.15) is 39.7 Å². The Kier molecular flexibility index (Phi) is 9.64. The van der Waals surface area contributed by atoms with Gasteiger partial charge < -0.3 is 28.1 Å². The number of aromatic nitrogens is 4. The average Bonchev–Trinajstić information content (AvgIpc) is 3.49. The van der Waals surface area contributed by atoms with E-state index < -0.39 is 17.5 Å². The number of esters is 2. The summed E-state index contributed by atoms with van der Waals surface area (Å²) in [5.74, 6) is 0.221. The van der Waals surface area contributed by atoms with E-state index in [1.54, 1.807) is 56.5 Å². The molecular weight excluding hydrogens is 606 g/mol. The molecule has 1 aliphatic rings. The summed E-state index contributed by atoms with van der Waals surface area (Å²) in [6.07, 6.45) is 4.33. The van der Waals surface area contributed by atoms with Gasteiger partial charge >= 0.3 is 11.9 Å². The normalized spacial score (nSPS) is 14.3. The number of nitrogens with zero attached hydrogens (tertiary/aromatic N) is 4. The molecule has 4 aromatic rings. The number of benzene rings is 2. The number of imidazole rings is 2. The lowest BCUT2D eigenvalue weighted by atomic mass is 10.1. The zero-order chi connectivity index (χ0) is 33.9. The van der Waals surface area contributed by atoms with Crippen molar-refractivity contribution >= 4 is 51.6 Å². The number of amides is 1. The second-order valence-electron chi connectivity index (χ2n) is 12.2. The molecule has 13 heteroatoms. The van der Waals surface area contributed by atoms with Crippen LogP contribution in [-0.4, -0.2) is 68.2 Å². The molecule has 47 heavy (non-hydrogen) atoms. The maximum atomic E-state index is 13.1. The summed E-state index contributed by atoms with van der Waals surface area (Å²) in [5.41, 5.74) is 2.02. The molecule has 1 amide bonds. The molecule has 1 N–H and O–H groups in total. The minimum atomic E-state index is -0.703. The molecule has 0 radical (unpaired) electrons. The van der Waals surface area contributed by atoms with Crippen LogP contribution < -0.4 is 14.8 Å². The highest BCUT2D eigenvalue weighted by atomic mass is 16.6. The van der Waals surface area contributed by atoms with Gasteiger partial charge in [-0.3, -0.25) is 14.9 Å². The molecule has 2 aromatic heterocycles. The Labute approximate surface area is 271 Å². The van der Waals surface area contributed by atoms with E-state index in [1.165, 1.54) is 13.8 Å². The standard InChI is InChI=1S/C34H39N5O8/c1-7-44-31(42)22-16-25-30-27(18-22)46-14-10-13-45-26-19-23(32(43)47-34(4,5)6)17-24-29(26)38(28(36-24)15-20(2)40)11-8-9-12-39(30)33(37-25)35-21(3)41/h8-9,16-19H,7,10-15H2,1-6H3,(H,35,37,41)/b9-8+. The lowest BCUT2D eigenvalue weighted by Gasteiger charge is -2.20. The summed E-state index contributed by atoms with van der Waals surface area (Å²) in [6.45, 7) is 11.2. The number of anilines is 1. The van der Waals surface area contributed by atoms with Crippen LogP contribution in [0.1, 0.15) is 74.5 Å². The maximum absolute atomic E-state index is 13.1. The highest BCUT2D eigenvalue weighted by molar-refractivity contribution is 5.98. The van der Waals surface area contributed by atoms with Gasteiger partial charge in [-0.15, -0.1) is 0 Å². The third-order valence-corrected chi connectivity index (χ3v) is 7.08. The molecule has 0 aliphatic carbocycles. The van der Waals surface area contributed by atoms with Crippen LogP contribution in [0.25, 0.3) is 22.1 Å². The number of allylic oxidation sites excluding steroid dienone is 2. The van der Waals surface area contributed by atoms with Crippen molar-refractivity contribution in [2.24, 2.45) is 0 Å². The van der Waals surface area contributed by atoms with Crippen molar-refractivity contribution in [1.82, 2.24) is 19.1 Å². The molecule has 0 saturated heterocycles. The van der Waals surface area contributed by atoms with E-state index >= 15 is 0 Å². The van der Waals surface area contributed by atoms with Gasteiger partial charge in [0.25, 0.3) is 0 Å². The molecule has 3 heterocycles. The Balaban J connectivity index is 1.61. The summed E-state index contributed by atoms with van der Waals surface area (Å²) >= 11 is 0. The lowest BCUT2D eigenvalue weighted by Crippen LogP contribution is -2.24. The fraction of sp³-hybridized carbons (Fsp3) is 0.412. The van der Waals surface area contributed by atoms with Gasteiger partial charge in [-0.25, -0.2) is 19.6 Å². The van der Waals surface area contributed by atoms with Gasteiger partial charge in [-0.1, -0.05) is 12.2 Å². The second-order valence-corrected chi connectivity index (χ2v) is 12.2. The van der Waals surface area contributed by atoms with E-state index in [1.807, 2.05) is 16.7 Å². The van der Waals surface area contributed by atoms with Crippen molar-refractivity contribution in [2.75, 3.05) is 25.1 Å². The molecule has 0 unspecified atom stereocenters. The summed E-state index contributed by atoms with van der Waals surface area (Å²) in [7, 11) is 0.